The Labute approximate surface area is 112 Å². The van der Waals surface area contributed by atoms with Gasteiger partial charge in [-0.05, 0) is 31.0 Å². The van der Waals surface area contributed by atoms with Crippen LogP contribution in [0.15, 0.2) is 18.2 Å². The lowest BCUT2D eigenvalue weighted by Crippen LogP contribution is -2.52. The summed E-state index contributed by atoms with van der Waals surface area (Å²) >= 11 is 0. The second-order valence-electron chi connectivity index (χ2n) is 5.12. The van der Waals surface area contributed by atoms with Crippen molar-refractivity contribution in [3.8, 4) is 0 Å². The zero-order valence-electron chi connectivity index (χ0n) is 11.4. The van der Waals surface area contributed by atoms with Gasteiger partial charge in [0.25, 0.3) is 0 Å². The first-order chi connectivity index (χ1) is 8.91. The number of nitrogens with zero attached hydrogens (tertiary/aromatic N) is 1. The number of ether oxygens (including phenoxy) is 1. The van der Waals surface area contributed by atoms with E-state index < -0.39 is 11.5 Å². The summed E-state index contributed by atoms with van der Waals surface area (Å²) in [4.78, 5) is 25.6. The molecular formula is C14H18N2O3. The number of benzene rings is 1. The van der Waals surface area contributed by atoms with Crippen molar-refractivity contribution in [3.05, 3.63) is 29.3 Å². The van der Waals surface area contributed by atoms with E-state index in [9.17, 15) is 9.59 Å². The van der Waals surface area contributed by atoms with Gasteiger partial charge in [-0.25, -0.2) is 4.79 Å². The number of hydrogen-bond donors (Lipinski definition) is 1. The summed E-state index contributed by atoms with van der Waals surface area (Å²) in [6.45, 7) is 3.80. The van der Waals surface area contributed by atoms with Crippen molar-refractivity contribution in [1.82, 2.24) is 0 Å². The monoisotopic (exact) mass is 262 g/mol. The smallest absolute Gasteiger partial charge is 0.331 e. The van der Waals surface area contributed by atoms with E-state index in [1.165, 1.54) is 12.0 Å². The number of rotatable bonds is 3. The van der Waals surface area contributed by atoms with E-state index in [-0.39, 0.29) is 5.91 Å². The molecular weight excluding hydrogens is 244 g/mol. The molecule has 0 saturated heterocycles. The summed E-state index contributed by atoms with van der Waals surface area (Å²) < 4.78 is 4.78. The molecule has 2 rings (SSSR count). The molecule has 102 valence electrons. The summed E-state index contributed by atoms with van der Waals surface area (Å²) in [5, 5.41) is 0. The van der Waals surface area contributed by atoms with E-state index in [1.54, 1.807) is 13.8 Å². The Bertz CT molecular complexity index is 537. The summed E-state index contributed by atoms with van der Waals surface area (Å²) in [5.41, 5.74) is 7.23. The molecule has 19 heavy (non-hydrogen) atoms. The van der Waals surface area contributed by atoms with Crippen LogP contribution < -0.4 is 10.6 Å². The molecule has 5 heteroatoms. The molecule has 0 atom stereocenters. The lowest BCUT2D eigenvalue weighted by atomic mass is 10.0. The average molecular weight is 262 g/mol. The molecule has 0 spiro atoms. The molecule has 1 aromatic rings. The number of nitrogens with two attached hydrogens (primary N) is 1. The first kappa shape index (κ1) is 13.5. The molecule has 1 aromatic carbocycles. The van der Waals surface area contributed by atoms with Crippen molar-refractivity contribution in [2.24, 2.45) is 5.73 Å². The quantitative estimate of drug-likeness (QED) is 0.824. The van der Waals surface area contributed by atoms with Crippen molar-refractivity contribution in [1.29, 1.82) is 0 Å². The Morgan fingerprint density at radius 1 is 1.47 bits per heavy atom. The third kappa shape index (κ3) is 2.10. The van der Waals surface area contributed by atoms with Crippen molar-refractivity contribution >= 4 is 17.6 Å². The summed E-state index contributed by atoms with van der Waals surface area (Å²) in [7, 11) is 1.32. The van der Waals surface area contributed by atoms with E-state index in [1.807, 2.05) is 18.2 Å². The molecule has 2 N–H and O–H groups in total. The fourth-order valence-corrected chi connectivity index (χ4v) is 2.46. The number of carbonyl (C=O) groups is 2. The first-order valence-corrected chi connectivity index (χ1v) is 6.15. The van der Waals surface area contributed by atoms with Crippen molar-refractivity contribution < 1.29 is 14.3 Å². The lowest BCUT2D eigenvalue weighted by Gasteiger charge is -2.33. The van der Waals surface area contributed by atoms with Crippen LogP contribution in [0.1, 0.15) is 25.0 Å². The van der Waals surface area contributed by atoms with Gasteiger partial charge in [0.15, 0.2) is 0 Å². The maximum atomic E-state index is 12.2. The Balaban J connectivity index is 2.46. The number of methoxy groups -OCH3 is 1. The molecule has 0 aromatic heterocycles. The number of amides is 1. The summed E-state index contributed by atoms with van der Waals surface area (Å²) in [6.07, 6.45) is 0.295. The van der Waals surface area contributed by atoms with Crippen LogP contribution in [0.25, 0.3) is 0 Å². The van der Waals surface area contributed by atoms with E-state index in [4.69, 9.17) is 10.5 Å². The molecule has 1 aliphatic heterocycles. The van der Waals surface area contributed by atoms with Crippen LogP contribution in [0.2, 0.25) is 0 Å². The standard InChI is InChI=1S/C14H18N2O3/c1-14(2,13(18)19-3)16-11-5-4-9(8-15)6-10(11)7-12(16)17/h4-6H,7-8,15H2,1-3H3. The van der Waals surface area contributed by atoms with Gasteiger partial charge in [0.05, 0.1) is 13.5 Å². The van der Waals surface area contributed by atoms with Gasteiger partial charge in [-0.3, -0.25) is 9.69 Å². The highest BCUT2D eigenvalue weighted by Crippen LogP contribution is 2.35. The Morgan fingerprint density at radius 3 is 2.74 bits per heavy atom. The molecule has 0 unspecified atom stereocenters. The molecule has 1 amide bonds. The first-order valence-electron chi connectivity index (χ1n) is 6.15. The zero-order valence-corrected chi connectivity index (χ0v) is 11.4. The third-order valence-electron chi connectivity index (χ3n) is 3.46. The number of fused-ring (bicyclic) bond motifs is 1. The molecule has 0 aliphatic carbocycles. The van der Waals surface area contributed by atoms with Gasteiger partial charge in [0.1, 0.15) is 5.54 Å². The van der Waals surface area contributed by atoms with Gasteiger partial charge in [0, 0.05) is 12.2 Å². The molecule has 0 fully saturated rings. The van der Waals surface area contributed by atoms with Gasteiger partial charge in [0.2, 0.25) is 5.91 Å². The minimum atomic E-state index is -1.01. The van der Waals surface area contributed by atoms with Crippen LogP contribution >= 0.6 is 0 Å². The van der Waals surface area contributed by atoms with Crippen LogP contribution in [0.4, 0.5) is 5.69 Å². The summed E-state index contributed by atoms with van der Waals surface area (Å²) in [5.74, 6) is -0.531. The molecule has 0 saturated carbocycles. The van der Waals surface area contributed by atoms with Gasteiger partial charge in [-0.1, -0.05) is 12.1 Å². The molecule has 1 heterocycles. The van der Waals surface area contributed by atoms with Crippen LogP contribution in [-0.2, 0) is 27.3 Å². The fraction of sp³-hybridized carbons (Fsp3) is 0.429. The fourth-order valence-electron chi connectivity index (χ4n) is 2.46. The minimum absolute atomic E-state index is 0.0976. The number of anilines is 1. The van der Waals surface area contributed by atoms with Crippen molar-refractivity contribution in [2.45, 2.75) is 32.4 Å². The van der Waals surface area contributed by atoms with Gasteiger partial charge in [-0.15, -0.1) is 0 Å². The van der Waals surface area contributed by atoms with Crippen LogP contribution in [0, 0.1) is 0 Å². The van der Waals surface area contributed by atoms with Crippen LogP contribution in [-0.4, -0.2) is 24.5 Å². The van der Waals surface area contributed by atoms with Crippen LogP contribution in [0.5, 0.6) is 0 Å². The normalized spacial score (nSPS) is 14.5. The third-order valence-corrected chi connectivity index (χ3v) is 3.46. The Hall–Kier alpha value is -1.88. The predicted molar refractivity (Wildman–Crippen MR) is 71.6 cm³/mol. The second kappa shape index (κ2) is 4.66. The predicted octanol–water partition coefficient (Wildman–Crippen LogP) is 0.986. The second-order valence-corrected chi connectivity index (χ2v) is 5.12. The van der Waals surface area contributed by atoms with Gasteiger partial charge < -0.3 is 10.5 Å². The molecule has 1 aliphatic rings. The SMILES string of the molecule is COC(=O)C(C)(C)N1C(=O)Cc2cc(CN)ccc21. The van der Waals surface area contributed by atoms with Crippen molar-refractivity contribution in [3.63, 3.8) is 0 Å². The molecule has 0 radical (unpaired) electrons. The number of carbonyl (C=O) groups excluding carboxylic acids is 2. The van der Waals surface area contributed by atoms with E-state index in [0.29, 0.717) is 13.0 Å². The maximum absolute atomic E-state index is 12.2. The Morgan fingerprint density at radius 2 is 2.16 bits per heavy atom. The lowest BCUT2D eigenvalue weighted by molar-refractivity contribution is -0.147. The topological polar surface area (TPSA) is 72.6 Å². The zero-order chi connectivity index (χ0) is 14.2. The largest absolute Gasteiger partial charge is 0.467 e. The minimum Gasteiger partial charge on any atom is -0.467 e. The summed E-state index contributed by atoms with van der Waals surface area (Å²) in [6, 6.07) is 5.63. The highest BCUT2D eigenvalue weighted by Gasteiger charge is 2.43. The number of hydrogen-bond acceptors (Lipinski definition) is 4. The highest BCUT2D eigenvalue weighted by molar-refractivity contribution is 6.07. The van der Waals surface area contributed by atoms with Gasteiger partial charge >= 0.3 is 5.97 Å². The average Bonchev–Trinajstić information content (AvgIpc) is 2.72. The highest BCUT2D eigenvalue weighted by atomic mass is 16.5. The molecule has 0 bridgehead atoms. The maximum Gasteiger partial charge on any atom is 0.331 e. The van der Waals surface area contributed by atoms with Crippen LogP contribution in [0.3, 0.4) is 0 Å². The van der Waals surface area contributed by atoms with E-state index in [0.717, 1.165) is 16.8 Å². The Kier molecular flexibility index (Phi) is 3.32. The van der Waals surface area contributed by atoms with E-state index in [2.05, 4.69) is 0 Å². The van der Waals surface area contributed by atoms with Crippen molar-refractivity contribution in [2.75, 3.05) is 12.0 Å². The molecule has 5 nitrogen and oxygen atoms in total. The number of esters is 1. The van der Waals surface area contributed by atoms with E-state index >= 15 is 0 Å². The van der Waals surface area contributed by atoms with Gasteiger partial charge in [-0.2, -0.15) is 0 Å².